The number of aromatic nitrogens is 4. The highest BCUT2D eigenvalue weighted by Gasteiger charge is 2.09. The summed E-state index contributed by atoms with van der Waals surface area (Å²) in [6.45, 7) is 0.910. The summed E-state index contributed by atoms with van der Waals surface area (Å²) in [4.78, 5) is 28.8. The fraction of sp³-hybridized carbons (Fsp3) is 0.267. The van der Waals surface area contributed by atoms with Gasteiger partial charge >= 0.3 is 6.09 Å². The van der Waals surface area contributed by atoms with Gasteiger partial charge in [-0.05, 0) is 12.1 Å². The Morgan fingerprint density at radius 1 is 1.31 bits per heavy atom. The number of nitrogens with zero attached hydrogens (tertiary/aromatic N) is 4. The van der Waals surface area contributed by atoms with E-state index in [1.807, 2.05) is 12.1 Å². The number of pyridine rings is 1. The number of amides is 1. The van der Waals surface area contributed by atoms with Crippen molar-refractivity contribution < 1.29 is 14.6 Å². The first-order valence-corrected chi connectivity index (χ1v) is 8.52. The summed E-state index contributed by atoms with van der Waals surface area (Å²) in [5, 5.41) is 17.7. The summed E-state index contributed by atoms with van der Waals surface area (Å²) in [5.41, 5.74) is 1.49. The molecule has 0 atom stereocenters. The molecule has 10 nitrogen and oxygen atoms in total. The molecule has 3 aromatic heterocycles. The second kappa shape index (κ2) is 8.36. The highest BCUT2D eigenvalue weighted by molar-refractivity contribution is 7.21. The van der Waals surface area contributed by atoms with Crippen LogP contribution in [0, 0.1) is 0 Å². The molecule has 0 aliphatic rings. The molecule has 0 unspecified atom stereocenters. The Kier molecular flexibility index (Phi) is 5.71. The Labute approximate surface area is 152 Å². The average Bonchev–Trinajstić information content (AvgIpc) is 3.01. The summed E-state index contributed by atoms with van der Waals surface area (Å²) in [6.07, 6.45) is 0.645. The van der Waals surface area contributed by atoms with Crippen LogP contribution >= 0.6 is 11.3 Å². The van der Waals surface area contributed by atoms with E-state index in [1.165, 1.54) is 11.3 Å². The highest BCUT2D eigenvalue weighted by atomic mass is 32.1. The number of hydrogen-bond acceptors (Lipinski definition) is 9. The van der Waals surface area contributed by atoms with Crippen molar-refractivity contribution in [3.63, 3.8) is 0 Å². The van der Waals surface area contributed by atoms with E-state index in [9.17, 15) is 4.79 Å². The molecule has 0 aliphatic heterocycles. The van der Waals surface area contributed by atoms with E-state index < -0.39 is 6.09 Å². The Hall–Kier alpha value is -3.05. The van der Waals surface area contributed by atoms with Crippen LogP contribution < -0.4 is 16.0 Å². The van der Waals surface area contributed by atoms with Gasteiger partial charge in [0.25, 0.3) is 0 Å². The van der Waals surface area contributed by atoms with Crippen LogP contribution in [0.15, 0.2) is 24.4 Å². The summed E-state index contributed by atoms with van der Waals surface area (Å²) in [7, 11) is 1.58. The predicted molar refractivity (Wildman–Crippen MR) is 98.0 cm³/mol. The Morgan fingerprint density at radius 2 is 2.19 bits per heavy atom. The van der Waals surface area contributed by atoms with Gasteiger partial charge in [0.15, 0.2) is 5.13 Å². The molecular formula is C15H17N7O3S. The van der Waals surface area contributed by atoms with Crippen LogP contribution in [0.1, 0.15) is 5.69 Å². The zero-order valence-electron chi connectivity index (χ0n) is 13.9. The third-order valence-corrected chi connectivity index (χ3v) is 4.05. The van der Waals surface area contributed by atoms with Gasteiger partial charge in [-0.15, -0.1) is 0 Å². The van der Waals surface area contributed by atoms with E-state index in [-0.39, 0.29) is 6.54 Å². The Bertz CT molecular complexity index is 869. The maximum atomic E-state index is 10.5. The highest BCUT2D eigenvalue weighted by Crippen LogP contribution is 2.26. The molecule has 0 saturated heterocycles. The number of carboxylic acid groups (broad SMARTS) is 1. The molecule has 136 valence electrons. The largest absolute Gasteiger partial charge is 0.465 e. The summed E-state index contributed by atoms with van der Waals surface area (Å²) < 4.78 is 5.13. The van der Waals surface area contributed by atoms with Gasteiger partial charge in [-0.2, -0.15) is 4.98 Å². The van der Waals surface area contributed by atoms with Crippen molar-refractivity contribution in [3.8, 4) is 0 Å². The lowest BCUT2D eigenvalue weighted by atomic mass is 10.4. The van der Waals surface area contributed by atoms with Gasteiger partial charge in [0, 0.05) is 32.5 Å². The van der Waals surface area contributed by atoms with Gasteiger partial charge in [0.05, 0.1) is 12.3 Å². The third kappa shape index (κ3) is 4.74. The van der Waals surface area contributed by atoms with Crippen LogP contribution in [0.2, 0.25) is 0 Å². The number of nitrogens with one attached hydrogen (secondary N) is 3. The molecule has 4 N–H and O–H groups in total. The monoisotopic (exact) mass is 375 g/mol. The van der Waals surface area contributed by atoms with E-state index in [0.29, 0.717) is 35.7 Å². The molecule has 0 aromatic carbocycles. The van der Waals surface area contributed by atoms with Crippen LogP contribution in [0.4, 0.5) is 21.7 Å². The number of hydrogen-bond donors (Lipinski definition) is 4. The number of ether oxygens (including phenoxy) is 1. The molecule has 3 rings (SSSR count). The van der Waals surface area contributed by atoms with Gasteiger partial charge in [-0.25, -0.2) is 19.7 Å². The molecule has 3 aromatic rings. The molecule has 3 heterocycles. The molecule has 0 bridgehead atoms. The van der Waals surface area contributed by atoms with Gasteiger partial charge in [-0.3, -0.25) is 0 Å². The van der Waals surface area contributed by atoms with E-state index in [4.69, 9.17) is 9.84 Å². The molecule has 1 amide bonds. The van der Waals surface area contributed by atoms with Crippen LogP contribution in [-0.2, 0) is 11.3 Å². The summed E-state index contributed by atoms with van der Waals surface area (Å²) >= 11 is 1.42. The summed E-state index contributed by atoms with van der Waals surface area (Å²) in [6, 6.07) is 5.49. The number of methoxy groups -OCH3 is 1. The zero-order valence-corrected chi connectivity index (χ0v) is 14.7. The molecule has 0 spiro atoms. The van der Waals surface area contributed by atoms with E-state index in [0.717, 1.165) is 10.3 Å². The molecule has 0 saturated carbocycles. The molecule has 0 radical (unpaired) electrons. The van der Waals surface area contributed by atoms with Gasteiger partial charge in [0.2, 0.25) is 5.95 Å². The lowest BCUT2D eigenvalue weighted by Crippen LogP contribution is -2.27. The van der Waals surface area contributed by atoms with Crippen molar-refractivity contribution in [1.29, 1.82) is 0 Å². The van der Waals surface area contributed by atoms with Gasteiger partial charge < -0.3 is 25.8 Å². The van der Waals surface area contributed by atoms with Crippen molar-refractivity contribution in [3.05, 3.63) is 30.1 Å². The predicted octanol–water partition coefficient (Wildman–Crippen LogP) is 2.05. The van der Waals surface area contributed by atoms with Gasteiger partial charge in [-0.1, -0.05) is 11.3 Å². The van der Waals surface area contributed by atoms with Crippen molar-refractivity contribution in [1.82, 2.24) is 25.3 Å². The lowest BCUT2D eigenvalue weighted by molar-refractivity contribution is 0.181. The SMILES string of the molecule is COCc1cc(Nc2nc3cccnc3s2)nc(NCCNC(=O)O)n1. The first-order chi connectivity index (χ1) is 12.6. The van der Waals surface area contributed by atoms with E-state index in [2.05, 4.69) is 35.9 Å². The topological polar surface area (TPSA) is 134 Å². The molecule has 11 heteroatoms. The third-order valence-electron chi connectivity index (χ3n) is 3.16. The number of fused-ring (bicyclic) bond motifs is 1. The molecule has 26 heavy (non-hydrogen) atoms. The van der Waals surface area contributed by atoms with Crippen molar-refractivity contribution in [2.75, 3.05) is 30.8 Å². The van der Waals surface area contributed by atoms with Crippen LogP contribution in [0.3, 0.4) is 0 Å². The Balaban J connectivity index is 1.75. The maximum Gasteiger partial charge on any atom is 0.404 e. The van der Waals surface area contributed by atoms with Crippen LogP contribution in [0.25, 0.3) is 10.3 Å². The quantitative estimate of drug-likeness (QED) is 0.436. The van der Waals surface area contributed by atoms with Gasteiger partial charge in [0.1, 0.15) is 16.2 Å². The van der Waals surface area contributed by atoms with Crippen LogP contribution in [-0.4, -0.2) is 51.3 Å². The molecular weight excluding hydrogens is 358 g/mol. The maximum absolute atomic E-state index is 10.5. The fourth-order valence-corrected chi connectivity index (χ4v) is 2.95. The normalized spacial score (nSPS) is 10.7. The number of anilines is 3. The first kappa shape index (κ1) is 17.8. The minimum atomic E-state index is -1.08. The first-order valence-electron chi connectivity index (χ1n) is 7.70. The minimum absolute atomic E-state index is 0.236. The Morgan fingerprint density at radius 3 is 2.96 bits per heavy atom. The second-order valence-corrected chi connectivity index (χ2v) is 6.11. The van der Waals surface area contributed by atoms with E-state index >= 15 is 0 Å². The van der Waals surface area contributed by atoms with Crippen LogP contribution in [0.5, 0.6) is 0 Å². The lowest BCUT2D eigenvalue weighted by Gasteiger charge is -2.10. The standard InChI is InChI=1S/C15H17N7O3S/c1-25-8-9-7-11(21-13(19-9)17-5-6-18-15(23)24)22-14-20-10-3-2-4-16-12(10)26-14/h2-4,7,18H,5-6,8H2,1H3,(H,23,24)(H2,17,19,20,21,22). The van der Waals surface area contributed by atoms with Crippen molar-refractivity contribution in [2.24, 2.45) is 0 Å². The molecule has 0 fully saturated rings. The summed E-state index contributed by atoms with van der Waals surface area (Å²) in [5.74, 6) is 0.924. The minimum Gasteiger partial charge on any atom is -0.465 e. The smallest absolute Gasteiger partial charge is 0.404 e. The molecule has 0 aliphatic carbocycles. The fourth-order valence-electron chi connectivity index (χ4n) is 2.14. The zero-order chi connectivity index (χ0) is 18.4. The average molecular weight is 375 g/mol. The van der Waals surface area contributed by atoms with Crippen molar-refractivity contribution >= 4 is 44.7 Å². The van der Waals surface area contributed by atoms with E-state index in [1.54, 1.807) is 19.4 Å². The second-order valence-electron chi connectivity index (χ2n) is 5.13. The van der Waals surface area contributed by atoms with Crippen molar-refractivity contribution in [2.45, 2.75) is 6.61 Å². The number of carbonyl (C=O) groups is 1. The number of rotatable bonds is 8. The number of thiazole rings is 1.